The maximum Gasteiger partial charge on any atom is 0.246 e. The lowest BCUT2D eigenvalue weighted by Gasteiger charge is -2.26. The van der Waals surface area contributed by atoms with E-state index < -0.39 is 0 Å². The number of hydrogen-bond acceptors (Lipinski definition) is 3. The molecular formula is C18H20N2O2. The number of ether oxygens (including phenoxy) is 1. The number of benzene rings is 1. The minimum absolute atomic E-state index is 0.0140. The number of nitrogens with zero attached hydrogens (tertiary/aromatic N) is 2. The molecule has 0 fully saturated rings. The second-order valence-electron chi connectivity index (χ2n) is 5.45. The minimum Gasteiger partial charge on any atom is -0.496 e. The Morgan fingerprint density at radius 3 is 2.95 bits per heavy atom. The van der Waals surface area contributed by atoms with E-state index in [0.717, 1.165) is 36.1 Å². The van der Waals surface area contributed by atoms with Gasteiger partial charge < -0.3 is 9.64 Å². The number of hydrogen-bond donors (Lipinski definition) is 0. The number of fused-ring (bicyclic) bond motifs is 1. The highest BCUT2D eigenvalue weighted by Crippen LogP contribution is 2.28. The van der Waals surface area contributed by atoms with Crippen LogP contribution in [0.4, 0.5) is 0 Å². The van der Waals surface area contributed by atoms with Crippen molar-refractivity contribution in [2.75, 3.05) is 26.7 Å². The van der Waals surface area contributed by atoms with E-state index in [9.17, 15) is 4.79 Å². The van der Waals surface area contributed by atoms with Crippen LogP contribution < -0.4 is 15.3 Å². The molecule has 2 heterocycles. The largest absolute Gasteiger partial charge is 0.496 e. The topological polar surface area (TPSA) is 41.9 Å². The van der Waals surface area contributed by atoms with Crippen LogP contribution in [0.3, 0.4) is 0 Å². The van der Waals surface area contributed by atoms with E-state index in [1.165, 1.54) is 16.9 Å². The second kappa shape index (κ2) is 6.18. The first kappa shape index (κ1) is 14.6. The highest BCUT2D eigenvalue weighted by Gasteiger charge is 2.18. The fourth-order valence-corrected chi connectivity index (χ4v) is 2.95. The van der Waals surface area contributed by atoms with Crippen LogP contribution in [0.2, 0.25) is 0 Å². The number of amides is 1. The first-order valence-electron chi connectivity index (χ1n) is 7.56. The van der Waals surface area contributed by atoms with Gasteiger partial charge in [0.25, 0.3) is 0 Å². The zero-order valence-corrected chi connectivity index (χ0v) is 12.8. The first-order valence-corrected chi connectivity index (χ1v) is 7.56. The fraction of sp³-hybridized carbons (Fsp3) is 0.333. The van der Waals surface area contributed by atoms with Crippen LogP contribution >= 0.6 is 0 Å². The van der Waals surface area contributed by atoms with Gasteiger partial charge in [-0.15, -0.1) is 0 Å². The monoisotopic (exact) mass is 296 g/mol. The Morgan fingerprint density at radius 1 is 1.41 bits per heavy atom. The van der Waals surface area contributed by atoms with E-state index in [4.69, 9.17) is 4.74 Å². The molecule has 2 aliphatic heterocycles. The number of carbonyl (C=O) groups is 1. The molecule has 0 N–H and O–H groups in total. The highest BCUT2D eigenvalue weighted by molar-refractivity contribution is 5.88. The van der Waals surface area contributed by atoms with Gasteiger partial charge in [0, 0.05) is 31.3 Å². The Morgan fingerprint density at radius 2 is 2.27 bits per heavy atom. The van der Waals surface area contributed by atoms with Gasteiger partial charge in [-0.2, -0.15) is 0 Å². The summed E-state index contributed by atoms with van der Waals surface area (Å²) in [5.74, 6) is 0.840. The van der Waals surface area contributed by atoms with Crippen LogP contribution in [0, 0.1) is 0 Å². The van der Waals surface area contributed by atoms with Gasteiger partial charge in [0.1, 0.15) is 5.75 Å². The maximum absolute atomic E-state index is 11.7. The SMILES string of the molecule is C=CC(=O)N1CC=C(c2cc3c(cc2OC)=NCCC=3)CC1. The molecule has 1 amide bonds. The molecule has 0 radical (unpaired) electrons. The van der Waals surface area contributed by atoms with Gasteiger partial charge in [-0.1, -0.05) is 18.7 Å². The van der Waals surface area contributed by atoms with E-state index in [2.05, 4.69) is 29.8 Å². The van der Waals surface area contributed by atoms with Crippen LogP contribution in [0.5, 0.6) is 5.75 Å². The molecule has 22 heavy (non-hydrogen) atoms. The second-order valence-corrected chi connectivity index (χ2v) is 5.45. The summed E-state index contributed by atoms with van der Waals surface area (Å²) >= 11 is 0. The molecule has 114 valence electrons. The van der Waals surface area contributed by atoms with Crippen molar-refractivity contribution in [1.82, 2.24) is 4.90 Å². The van der Waals surface area contributed by atoms with Gasteiger partial charge in [-0.3, -0.25) is 9.79 Å². The molecule has 0 saturated heterocycles. The van der Waals surface area contributed by atoms with E-state index in [-0.39, 0.29) is 5.91 Å². The lowest BCUT2D eigenvalue weighted by atomic mass is 9.97. The fourth-order valence-electron chi connectivity index (χ4n) is 2.95. The molecule has 3 rings (SSSR count). The maximum atomic E-state index is 11.7. The van der Waals surface area contributed by atoms with E-state index in [0.29, 0.717) is 13.1 Å². The Kier molecular flexibility index (Phi) is 4.09. The van der Waals surface area contributed by atoms with Gasteiger partial charge in [-0.05, 0) is 35.8 Å². The summed E-state index contributed by atoms with van der Waals surface area (Å²) in [7, 11) is 1.69. The third kappa shape index (κ3) is 2.69. The average Bonchev–Trinajstić information content (AvgIpc) is 2.60. The summed E-state index contributed by atoms with van der Waals surface area (Å²) in [4.78, 5) is 18.0. The normalized spacial score (nSPS) is 16.8. The third-order valence-corrected chi connectivity index (χ3v) is 4.17. The van der Waals surface area contributed by atoms with Crippen molar-refractivity contribution in [3.63, 3.8) is 0 Å². The van der Waals surface area contributed by atoms with Gasteiger partial charge in [0.2, 0.25) is 5.91 Å². The number of rotatable bonds is 3. The molecule has 4 nitrogen and oxygen atoms in total. The summed E-state index contributed by atoms with van der Waals surface area (Å²) in [6.07, 6.45) is 7.51. The van der Waals surface area contributed by atoms with E-state index >= 15 is 0 Å². The Bertz CT molecular complexity index is 762. The molecule has 1 aromatic carbocycles. The van der Waals surface area contributed by atoms with Crippen molar-refractivity contribution < 1.29 is 9.53 Å². The molecule has 0 bridgehead atoms. The standard InChI is InChI=1S/C18H20N2O2/c1-3-18(21)20-9-6-13(7-10-20)15-11-14-5-4-8-19-16(14)12-17(15)22-2/h3,5-6,11-12H,1,4,7-10H2,2H3. The smallest absolute Gasteiger partial charge is 0.246 e. The summed E-state index contributed by atoms with van der Waals surface area (Å²) in [5, 5.41) is 2.18. The van der Waals surface area contributed by atoms with Gasteiger partial charge in [0.05, 0.1) is 12.5 Å². The van der Waals surface area contributed by atoms with E-state index in [1.54, 1.807) is 12.0 Å². The van der Waals surface area contributed by atoms with E-state index in [1.807, 2.05) is 6.07 Å². The molecular weight excluding hydrogens is 276 g/mol. The first-order chi connectivity index (χ1) is 10.7. The van der Waals surface area contributed by atoms with Gasteiger partial charge in [-0.25, -0.2) is 0 Å². The van der Waals surface area contributed by atoms with Crippen LogP contribution in [0.1, 0.15) is 18.4 Å². The van der Waals surface area contributed by atoms with Crippen molar-refractivity contribution in [3.8, 4) is 5.75 Å². The summed E-state index contributed by atoms with van der Waals surface area (Å²) in [6.45, 7) is 5.72. The zero-order valence-electron chi connectivity index (χ0n) is 12.8. The number of methoxy groups -OCH3 is 1. The van der Waals surface area contributed by atoms with Gasteiger partial charge >= 0.3 is 0 Å². The highest BCUT2D eigenvalue weighted by atomic mass is 16.5. The number of carbonyl (C=O) groups excluding carboxylic acids is 1. The van der Waals surface area contributed by atoms with Gasteiger partial charge in [0.15, 0.2) is 0 Å². The van der Waals surface area contributed by atoms with Crippen molar-refractivity contribution in [2.24, 2.45) is 4.99 Å². The zero-order chi connectivity index (χ0) is 15.5. The Hall–Kier alpha value is -2.36. The third-order valence-electron chi connectivity index (χ3n) is 4.17. The molecule has 0 saturated carbocycles. The predicted molar refractivity (Wildman–Crippen MR) is 87.1 cm³/mol. The van der Waals surface area contributed by atoms with Crippen molar-refractivity contribution in [2.45, 2.75) is 12.8 Å². The van der Waals surface area contributed by atoms with Crippen LogP contribution in [0.15, 0.2) is 35.9 Å². The molecule has 0 atom stereocenters. The predicted octanol–water partition coefficient (Wildman–Crippen LogP) is 1.30. The molecule has 0 spiro atoms. The summed E-state index contributed by atoms with van der Waals surface area (Å²) in [5.41, 5.74) is 2.34. The molecule has 2 aliphatic rings. The Labute approximate surface area is 130 Å². The quantitative estimate of drug-likeness (QED) is 0.789. The van der Waals surface area contributed by atoms with Crippen LogP contribution in [-0.4, -0.2) is 37.6 Å². The minimum atomic E-state index is -0.0140. The Balaban J connectivity index is 1.97. The van der Waals surface area contributed by atoms with Crippen LogP contribution in [-0.2, 0) is 4.79 Å². The van der Waals surface area contributed by atoms with Crippen molar-refractivity contribution in [1.29, 1.82) is 0 Å². The summed E-state index contributed by atoms with van der Waals surface area (Å²) < 4.78 is 5.55. The lowest BCUT2D eigenvalue weighted by molar-refractivity contribution is -0.125. The molecule has 0 aromatic heterocycles. The van der Waals surface area contributed by atoms with Crippen molar-refractivity contribution >= 4 is 17.6 Å². The summed E-state index contributed by atoms with van der Waals surface area (Å²) in [6, 6.07) is 4.18. The van der Waals surface area contributed by atoms with Crippen LogP contribution in [0.25, 0.3) is 11.6 Å². The molecule has 1 aromatic rings. The molecule has 0 aliphatic carbocycles. The average molecular weight is 296 g/mol. The molecule has 4 heteroatoms. The molecule has 0 unspecified atom stereocenters. The lowest BCUT2D eigenvalue weighted by Crippen LogP contribution is -2.33. The van der Waals surface area contributed by atoms with Crippen molar-refractivity contribution in [3.05, 3.63) is 47.0 Å².